The Bertz CT molecular complexity index is 783. The van der Waals surface area contributed by atoms with E-state index in [0.29, 0.717) is 5.56 Å². The summed E-state index contributed by atoms with van der Waals surface area (Å²) in [6, 6.07) is 17.2. The predicted octanol–water partition coefficient (Wildman–Crippen LogP) is 3.73. The highest BCUT2D eigenvalue weighted by Gasteiger charge is 2.14. The van der Waals surface area contributed by atoms with Crippen molar-refractivity contribution >= 4 is 38.7 Å². The summed E-state index contributed by atoms with van der Waals surface area (Å²) in [5.41, 5.74) is 2.57. The molecule has 0 spiro atoms. The van der Waals surface area contributed by atoms with Crippen molar-refractivity contribution in [2.24, 2.45) is 0 Å². The maximum Gasteiger partial charge on any atom is 0.204 e. The lowest BCUT2D eigenvalue weighted by atomic mass is 10.1. The van der Waals surface area contributed by atoms with Crippen LogP contribution in [0.4, 0.5) is 5.95 Å². The Balaban J connectivity index is 1.95. The molecule has 0 bridgehead atoms. The summed E-state index contributed by atoms with van der Waals surface area (Å²) in [4.78, 5) is 17.1. The molecule has 22 heavy (non-hydrogen) atoms. The standard InChI is InChI=1S/C17H16BrN3O/c18-10-11-19-17-20-14-8-4-5-9-15(14)21(17)12-16(22)13-6-2-1-3-7-13/h1-9H,10-12H2,(H,19,20). The van der Waals surface area contributed by atoms with Crippen LogP contribution >= 0.6 is 15.9 Å². The molecule has 0 saturated carbocycles. The Labute approximate surface area is 137 Å². The zero-order valence-corrected chi connectivity index (χ0v) is 13.6. The van der Waals surface area contributed by atoms with E-state index in [9.17, 15) is 4.79 Å². The monoisotopic (exact) mass is 357 g/mol. The number of Topliss-reactive ketones (excluding diaryl/α,β-unsaturated/α-hetero) is 1. The normalized spacial score (nSPS) is 10.8. The Morgan fingerprint density at radius 3 is 2.59 bits per heavy atom. The van der Waals surface area contributed by atoms with E-state index in [1.165, 1.54) is 0 Å². The van der Waals surface area contributed by atoms with Gasteiger partial charge >= 0.3 is 0 Å². The number of alkyl halides is 1. The summed E-state index contributed by atoms with van der Waals surface area (Å²) < 4.78 is 1.94. The van der Waals surface area contributed by atoms with Gasteiger partial charge in [0, 0.05) is 17.4 Å². The highest BCUT2D eigenvalue weighted by atomic mass is 79.9. The third-order valence-corrected chi connectivity index (χ3v) is 3.83. The third kappa shape index (κ3) is 3.04. The number of nitrogens with zero attached hydrogens (tertiary/aromatic N) is 2. The zero-order chi connectivity index (χ0) is 15.4. The van der Waals surface area contributed by atoms with Crippen LogP contribution in [0, 0.1) is 0 Å². The van der Waals surface area contributed by atoms with Gasteiger partial charge in [-0.15, -0.1) is 0 Å². The van der Waals surface area contributed by atoms with E-state index in [2.05, 4.69) is 26.2 Å². The quantitative estimate of drug-likeness (QED) is 0.540. The molecule has 0 fully saturated rings. The number of rotatable bonds is 6. The van der Waals surface area contributed by atoms with Crippen LogP contribution in [0.3, 0.4) is 0 Å². The van der Waals surface area contributed by atoms with Gasteiger partial charge in [0.05, 0.1) is 17.6 Å². The number of aromatic nitrogens is 2. The highest BCUT2D eigenvalue weighted by molar-refractivity contribution is 9.09. The van der Waals surface area contributed by atoms with Crippen molar-refractivity contribution in [3.8, 4) is 0 Å². The Morgan fingerprint density at radius 2 is 1.82 bits per heavy atom. The number of para-hydroxylation sites is 2. The maximum atomic E-state index is 12.5. The van der Waals surface area contributed by atoms with Gasteiger partial charge in [0.2, 0.25) is 5.95 Å². The predicted molar refractivity (Wildman–Crippen MR) is 92.8 cm³/mol. The van der Waals surface area contributed by atoms with Crippen molar-refractivity contribution in [3.05, 3.63) is 60.2 Å². The number of anilines is 1. The van der Waals surface area contributed by atoms with Crippen LogP contribution in [-0.4, -0.2) is 27.2 Å². The smallest absolute Gasteiger partial charge is 0.204 e. The summed E-state index contributed by atoms with van der Waals surface area (Å²) in [6.45, 7) is 1.03. The van der Waals surface area contributed by atoms with Crippen molar-refractivity contribution in [3.63, 3.8) is 0 Å². The number of ketones is 1. The number of carbonyl (C=O) groups excluding carboxylic acids is 1. The van der Waals surface area contributed by atoms with Gasteiger partial charge in [0.15, 0.2) is 5.78 Å². The van der Waals surface area contributed by atoms with Crippen LogP contribution in [0.15, 0.2) is 54.6 Å². The van der Waals surface area contributed by atoms with E-state index in [4.69, 9.17) is 0 Å². The number of carbonyl (C=O) groups is 1. The fourth-order valence-corrected chi connectivity index (χ4v) is 2.59. The summed E-state index contributed by atoms with van der Waals surface area (Å²) in [7, 11) is 0. The Kier molecular flexibility index (Phi) is 4.53. The molecular formula is C17H16BrN3O. The van der Waals surface area contributed by atoms with Gasteiger partial charge in [-0.1, -0.05) is 58.4 Å². The van der Waals surface area contributed by atoms with E-state index < -0.39 is 0 Å². The minimum absolute atomic E-state index is 0.0747. The number of fused-ring (bicyclic) bond motifs is 1. The number of hydrogen-bond acceptors (Lipinski definition) is 3. The molecule has 5 heteroatoms. The molecule has 2 aromatic carbocycles. The molecule has 3 aromatic rings. The molecule has 0 radical (unpaired) electrons. The fraction of sp³-hybridized carbons (Fsp3) is 0.176. The molecule has 0 aliphatic rings. The van der Waals surface area contributed by atoms with E-state index in [1.54, 1.807) is 0 Å². The lowest BCUT2D eigenvalue weighted by Gasteiger charge is -2.09. The van der Waals surface area contributed by atoms with Crippen LogP contribution in [-0.2, 0) is 6.54 Å². The second-order valence-electron chi connectivity index (χ2n) is 4.92. The summed E-state index contributed by atoms with van der Waals surface area (Å²) in [5, 5.41) is 4.08. The van der Waals surface area contributed by atoms with Crippen molar-refractivity contribution in [2.75, 3.05) is 17.2 Å². The van der Waals surface area contributed by atoms with Gasteiger partial charge in [-0.2, -0.15) is 0 Å². The van der Waals surface area contributed by atoms with E-state index in [1.807, 2.05) is 59.2 Å². The van der Waals surface area contributed by atoms with Gasteiger partial charge < -0.3 is 9.88 Å². The first-order valence-electron chi connectivity index (χ1n) is 7.13. The first-order chi connectivity index (χ1) is 10.8. The van der Waals surface area contributed by atoms with E-state index >= 15 is 0 Å². The number of halogens is 1. The summed E-state index contributed by atoms with van der Waals surface area (Å²) >= 11 is 3.40. The van der Waals surface area contributed by atoms with Crippen LogP contribution in [0.25, 0.3) is 11.0 Å². The second kappa shape index (κ2) is 6.75. The van der Waals surface area contributed by atoms with Gasteiger partial charge in [0.1, 0.15) is 0 Å². The largest absolute Gasteiger partial charge is 0.355 e. The molecule has 1 aromatic heterocycles. The number of hydrogen-bond donors (Lipinski definition) is 1. The van der Waals surface area contributed by atoms with Crippen molar-refractivity contribution < 1.29 is 4.79 Å². The molecule has 4 nitrogen and oxygen atoms in total. The van der Waals surface area contributed by atoms with Crippen LogP contribution in [0.5, 0.6) is 0 Å². The Morgan fingerprint density at radius 1 is 1.09 bits per heavy atom. The van der Waals surface area contributed by atoms with E-state index in [-0.39, 0.29) is 12.3 Å². The van der Waals surface area contributed by atoms with Gasteiger partial charge in [0.25, 0.3) is 0 Å². The number of imidazole rings is 1. The fourth-order valence-electron chi connectivity index (χ4n) is 2.39. The van der Waals surface area contributed by atoms with Crippen LogP contribution < -0.4 is 5.32 Å². The minimum atomic E-state index is 0.0747. The maximum absolute atomic E-state index is 12.5. The first kappa shape index (κ1) is 14.8. The lowest BCUT2D eigenvalue weighted by molar-refractivity contribution is 0.0974. The lowest BCUT2D eigenvalue weighted by Crippen LogP contribution is -2.15. The second-order valence-corrected chi connectivity index (χ2v) is 5.71. The van der Waals surface area contributed by atoms with Crippen LogP contribution in [0.2, 0.25) is 0 Å². The average molecular weight is 358 g/mol. The molecule has 0 aliphatic heterocycles. The molecule has 0 unspecified atom stereocenters. The van der Waals surface area contributed by atoms with Crippen molar-refractivity contribution in [1.29, 1.82) is 0 Å². The molecule has 1 N–H and O–H groups in total. The molecular weight excluding hydrogens is 342 g/mol. The SMILES string of the molecule is O=C(Cn1c(NCCBr)nc2ccccc21)c1ccccc1. The van der Waals surface area contributed by atoms with Gasteiger partial charge in [-0.05, 0) is 12.1 Å². The van der Waals surface area contributed by atoms with Gasteiger partial charge in [-0.3, -0.25) is 4.79 Å². The molecule has 1 heterocycles. The average Bonchev–Trinajstić information content (AvgIpc) is 2.91. The molecule has 0 atom stereocenters. The first-order valence-corrected chi connectivity index (χ1v) is 8.25. The highest BCUT2D eigenvalue weighted by Crippen LogP contribution is 2.20. The van der Waals surface area contributed by atoms with E-state index in [0.717, 1.165) is 28.9 Å². The zero-order valence-electron chi connectivity index (χ0n) is 12.0. The number of nitrogens with one attached hydrogen (secondary N) is 1. The van der Waals surface area contributed by atoms with Crippen molar-refractivity contribution in [2.45, 2.75) is 6.54 Å². The topological polar surface area (TPSA) is 46.9 Å². The van der Waals surface area contributed by atoms with Crippen LogP contribution in [0.1, 0.15) is 10.4 Å². The van der Waals surface area contributed by atoms with Gasteiger partial charge in [-0.25, -0.2) is 4.98 Å². The Hall–Kier alpha value is -2.14. The summed E-state index contributed by atoms with van der Waals surface area (Å²) in [6.07, 6.45) is 0. The third-order valence-electron chi connectivity index (χ3n) is 3.43. The summed E-state index contributed by atoms with van der Waals surface area (Å²) in [5.74, 6) is 0.801. The molecule has 0 aliphatic carbocycles. The minimum Gasteiger partial charge on any atom is -0.355 e. The molecule has 0 saturated heterocycles. The molecule has 112 valence electrons. The molecule has 3 rings (SSSR count). The van der Waals surface area contributed by atoms with Crippen molar-refractivity contribution in [1.82, 2.24) is 9.55 Å². The molecule has 0 amide bonds. The number of benzene rings is 2.